The number of carboxylic acid groups (broad SMARTS) is 1. The molecule has 0 aliphatic rings. The first-order chi connectivity index (χ1) is 7.93. The third kappa shape index (κ3) is 5.31. The third-order valence-electron chi connectivity index (χ3n) is 2.45. The zero-order valence-corrected chi connectivity index (χ0v) is 10.4. The van der Waals surface area contributed by atoms with E-state index in [-0.39, 0.29) is 12.5 Å². The van der Waals surface area contributed by atoms with E-state index in [9.17, 15) is 9.59 Å². The van der Waals surface area contributed by atoms with Crippen molar-refractivity contribution in [1.29, 1.82) is 0 Å². The highest BCUT2D eigenvalue weighted by molar-refractivity contribution is 5.80. The first-order valence-corrected chi connectivity index (χ1v) is 5.36. The van der Waals surface area contributed by atoms with Crippen molar-refractivity contribution in [3.8, 4) is 0 Å². The highest BCUT2D eigenvalue weighted by Crippen LogP contribution is 1.99. The normalized spacial score (nSPS) is 11.9. The average Bonchev–Trinajstić information content (AvgIpc) is 2.27. The molecular weight excluding hydrogens is 220 g/mol. The van der Waals surface area contributed by atoms with E-state index in [1.54, 1.807) is 31.0 Å². The smallest absolute Gasteiger partial charge is 0.320 e. The summed E-state index contributed by atoms with van der Waals surface area (Å²) < 4.78 is 0. The minimum absolute atomic E-state index is 0.0646. The summed E-state index contributed by atoms with van der Waals surface area (Å²) in [5.41, 5.74) is 0. The van der Waals surface area contributed by atoms with Gasteiger partial charge in [-0.15, -0.1) is 13.2 Å². The van der Waals surface area contributed by atoms with Gasteiger partial charge >= 0.3 is 5.97 Å². The molecule has 0 aliphatic heterocycles. The van der Waals surface area contributed by atoms with Crippen molar-refractivity contribution in [2.45, 2.75) is 13.0 Å². The van der Waals surface area contributed by atoms with Gasteiger partial charge in [0.15, 0.2) is 0 Å². The molecule has 0 saturated heterocycles. The van der Waals surface area contributed by atoms with E-state index in [0.717, 1.165) is 0 Å². The van der Waals surface area contributed by atoms with Crippen molar-refractivity contribution in [3.63, 3.8) is 0 Å². The van der Waals surface area contributed by atoms with Crippen molar-refractivity contribution in [2.75, 3.05) is 26.7 Å². The number of likely N-dealkylation sites (N-methyl/N-ethyl adjacent to an activating group) is 1. The molecule has 1 atom stereocenters. The van der Waals surface area contributed by atoms with E-state index in [4.69, 9.17) is 5.11 Å². The second-order valence-electron chi connectivity index (χ2n) is 3.81. The van der Waals surface area contributed by atoms with Crippen molar-refractivity contribution in [3.05, 3.63) is 25.3 Å². The molecule has 17 heavy (non-hydrogen) atoms. The molecule has 5 heteroatoms. The quantitative estimate of drug-likeness (QED) is 0.631. The van der Waals surface area contributed by atoms with Crippen molar-refractivity contribution in [2.24, 2.45) is 0 Å². The minimum Gasteiger partial charge on any atom is -0.480 e. The summed E-state index contributed by atoms with van der Waals surface area (Å²) >= 11 is 0. The molecule has 0 heterocycles. The Bertz CT molecular complexity index is 292. The molecular formula is C12H20N2O3. The molecule has 0 fully saturated rings. The van der Waals surface area contributed by atoms with Crippen LogP contribution in [0.1, 0.15) is 6.92 Å². The zero-order valence-electron chi connectivity index (χ0n) is 10.4. The molecule has 0 spiro atoms. The van der Waals surface area contributed by atoms with Gasteiger partial charge in [0, 0.05) is 13.1 Å². The van der Waals surface area contributed by atoms with Crippen molar-refractivity contribution in [1.82, 2.24) is 9.80 Å². The number of aliphatic carboxylic acids is 1. The van der Waals surface area contributed by atoms with Crippen molar-refractivity contribution >= 4 is 11.9 Å². The zero-order chi connectivity index (χ0) is 13.4. The highest BCUT2D eigenvalue weighted by atomic mass is 16.4. The molecule has 0 rings (SSSR count). The van der Waals surface area contributed by atoms with Gasteiger partial charge in [0.2, 0.25) is 5.91 Å². The lowest BCUT2D eigenvalue weighted by Gasteiger charge is -2.25. The summed E-state index contributed by atoms with van der Waals surface area (Å²) in [6.45, 7) is 9.61. The van der Waals surface area contributed by atoms with Crippen molar-refractivity contribution < 1.29 is 14.7 Å². The van der Waals surface area contributed by atoms with Crippen LogP contribution < -0.4 is 0 Å². The van der Waals surface area contributed by atoms with Crippen LogP contribution in [0.2, 0.25) is 0 Å². The first kappa shape index (κ1) is 15.4. The molecule has 0 bridgehead atoms. The second kappa shape index (κ2) is 7.62. The van der Waals surface area contributed by atoms with E-state index in [1.165, 1.54) is 4.90 Å². The Labute approximate surface area is 102 Å². The Morgan fingerprint density at radius 3 is 2.12 bits per heavy atom. The fourth-order valence-electron chi connectivity index (χ4n) is 1.23. The summed E-state index contributed by atoms with van der Waals surface area (Å²) in [7, 11) is 1.61. The maximum atomic E-state index is 11.9. The molecule has 0 radical (unpaired) electrons. The highest BCUT2D eigenvalue weighted by Gasteiger charge is 2.21. The van der Waals surface area contributed by atoms with Crippen LogP contribution in [-0.2, 0) is 9.59 Å². The molecule has 0 aliphatic carbocycles. The number of hydrogen-bond acceptors (Lipinski definition) is 3. The summed E-state index contributed by atoms with van der Waals surface area (Å²) in [4.78, 5) is 25.7. The van der Waals surface area contributed by atoms with Crippen LogP contribution in [-0.4, -0.2) is 59.5 Å². The number of hydrogen-bond donors (Lipinski definition) is 1. The molecule has 96 valence electrons. The fourth-order valence-corrected chi connectivity index (χ4v) is 1.23. The van der Waals surface area contributed by atoms with Crippen LogP contribution in [0.5, 0.6) is 0 Å². The second-order valence-corrected chi connectivity index (χ2v) is 3.81. The standard InChI is InChI=1S/C12H20N2O3/c1-5-7-14(8-6-2)11(15)9-13(4)10(3)12(16)17/h5-6,10H,1-2,7-9H2,3-4H3,(H,16,17). The van der Waals surface area contributed by atoms with Gasteiger partial charge in [0.1, 0.15) is 6.04 Å². The number of amides is 1. The maximum Gasteiger partial charge on any atom is 0.320 e. The number of carbonyl (C=O) groups is 2. The van der Waals surface area contributed by atoms with Gasteiger partial charge in [-0.3, -0.25) is 14.5 Å². The van der Waals surface area contributed by atoms with Crippen LogP contribution in [0, 0.1) is 0 Å². The van der Waals surface area contributed by atoms with Gasteiger partial charge in [0.05, 0.1) is 6.54 Å². The third-order valence-corrected chi connectivity index (χ3v) is 2.45. The minimum atomic E-state index is -0.945. The Balaban J connectivity index is 4.43. The lowest BCUT2D eigenvalue weighted by atomic mass is 10.3. The van der Waals surface area contributed by atoms with E-state index in [1.807, 2.05) is 0 Å². The first-order valence-electron chi connectivity index (χ1n) is 5.36. The SMILES string of the molecule is C=CCN(CC=C)C(=O)CN(C)C(C)C(=O)O. The van der Waals surface area contributed by atoms with Gasteiger partial charge in [-0.2, -0.15) is 0 Å². The Morgan fingerprint density at radius 1 is 1.29 bits per heavy atom. The van der Waals surface area contributed by atoms with E-state index in [0.29, 0.717) is 13.1 Å². The van der Waals surface area contributed by atoms with Gasteiger partial charge < -0.3 is 10.0 Å². The van der Waals surface area contributed by atoms with Gasteiger partial charge in [-0.05, 0) is 14.0 Å². The monoisotopic (exact) mass is 240 g/mol. The number of rotatable bonds is 8. The lowest BCUT2D eigenvalue weighted by Crippen LogP contribution is -2.44. The number of carbonyl (C=O) groups excluding carboxylic acids is 1. The number of nitrogens with zero attached hydrogens (tertiary/aromatic N) is 2. The molecule has 0 saturated carbocycles. The van der Waals surface area contributed by atoms with Gasteiger partial charge in [-0.25, -0.2) is 0 Å². The Hall–Kier alpha value is -1.62. The van der Waals surface area contributed by atoms with Crippen LogP contribution in [0.25, 0.3) is 0 Å². The predicted molar refractivity (Wildman–Crippen MR) is 66.7 cm³/mol. The Kier molecular flexibility index (Phi) is 6.89. The number of carboxylic acids is 1. The van der Waals surface area contributed by atoms with E-state index in [2.05, 4.69) is 13.2 Å². The van der Waals surface area contributed by atoms with Crippen LogP contribution >= 0.6 is 0 Å². The topological polar surface area (TPSA) is 60.9 Å². The summed E-state index contributed by atoms with van der Waals surface area (Å²) in [6.07, 6.45) is 3.25. The van der Waals surface area contributed by atoms with E-state index < -0.39 is 12.0 Å². The molecule has 1 unspecified atom stereocenters. The largest absolute Gasteiger partial charge is 0.480 e. The summed E-state index contributed by atoms with van der Waals surface area (Å²) in [5.74, 6) is -1.08. The molecule has 0 aromatic heterocycles. The Morgan fingerprint density at radius 2 is 1.76 bits per heavy atom. The van der Waals surface area contributed by atoms with Gasteiger partial charge in [-0.1, -0.05) is 12.2 Å². The maximum absolute atomic E-state index is 11.9. The van der Waals surface area contributed by atoms with Crippen LogP contribution in [0.15, 0.2) is 25.3 Å². The molecule has 1 amide bonds. The average molecular weight is 240 g/mol. The van der Waals surface area contributed by atoms with Gasteiger partial charge in [0.25, 0.3) is 0 Å². The summed E-state index contributed by atoms with van der Waals surface area (Å²) in [5, 5.41) is 8.81. The van der Waals surface area contributed by atoms with Crippen LogP contribution in [0.3, 0.4) is 0 Å². The lowest BCUT2D eigenvalue weighted by molar-refractivity contribution is -0.143. The molecule has 0 aromatic carbocycles. The van der Waals surface area contributed by atoms with E-state index >= 15 is 0 Å². The van der Waals surface area contributed by atoms with Crippen LogP contribution in [0.4, 0.5) is 0 Å². The predicted octanol–water partition coefficient (Wildman–Crippen LogP) is 0.592. The molecule has 0 aromatic rings. The summed E-state index contributed by atoms with van der Waals surface area (Å²) in [6, 6.07) is -0.687. The molecule has 5 nitrogen and oxygen atoms in total. The fraction of sp³-hybridized carbons (Fsp3) is 0.500. The molecule has 1 N–H and O–H groups in total.